The maximum Gasteiger partial charge on any atom is 0.361 e. The molecule has 0 bridgehead atoms. The number of nitrogens with zero attached hydrogens (tertiary/aromatic N) is 1. The first kappa shape index (κ1) is 76.0. The maximum absolute atomic E-state index is 12.9. The van der Waals surface area contributed by atoms with Gasteiger partial charge in [0.2, 0.25) is 0 Å². The number of hydrogen-bond donors (Lipinski definition) is 1. The second-order valence-corrected chi connectivity index (χ2v) is 24.8. The van der Waals surface area contributed by atoms with Crippen molar-refractivity contribution in [2.45, 2.75) is 367 Å². The average molecular weight is 1110 g/mol. The smallest absolute Gasteiger partial charge is 0.361 e. The number of ether oxygens (including phenoxy) is 4. The Hall–Kier alpha value is -1.97. The fraction of sp³-hybridized carbons (Fsp3) is 0.928. The summed E-state index contributed by atoms with van der Waals surface area (Å²) in [6.07, 6.45) is 70.8. The van der Waals surface area contributed by atoms with E-state index >= 15 is 0 Å². The predicted octanol–water partition coefficient (Wildman–Crippen LogP) is 20.9. The van der Waals surface area contributed by atoms with E-state index in [-0.39, 0.29) is 38.2 Å². The van der Waals surface area contributed by atoms with Crippen LogP contribution in [-0.4, -0.2) is 87.4 Å². The Morgan fingerprint density at radius 1 is 0.372 bits per heavy atom. The van der Waals surface area contributed by atoms with Gasteiger partial charge in [0.15, 0.2) is 6.10 Å². The summed E-state index contributed by atoms with van der Waals surface area (Å²) in [6, 6.07) is 0. The van der Waals surface area contributed by atoms with E-state index in [0.717, 1.165) is 38.5 Å². The lowest BCUT2D eigenvalue weighted by molar-refractivity contribution is -0.870. The molecule has 462 valence electrons. The van der Waals surface area contributed by atoms with E-state index in [4.69, 9.17) is 18.9 Å². The van der Waals surface area contributed by atoms with Gasteiger partial charge >= 0.3 is 17.9 Å². The molecular weight excluding hydrogens is 971 g/mol. The van der Waals surface area contributed by atoms with Gasteiger partial charge < -0.3 is 28.5 Å². The third-order valence-electron chi connectivity index (χ3n) is 15.8. The van der Waals surface area contributed by atoms with Crippen LogP contribution in [0.15, 0.2) is 12.2 Å². The molecule has 0 heterocycles. The van der Waals surface area contributed by atoms with Crippen LogP contribution in [0.3, 0.4) is 0 Å². The largest absolute Gasteiger partial charge is 0.477 e. The number of carboxylic acids is 1. The number of allylic oxidation sites excluding steroid dienone is 2. The van der Waals surface area contributed by atoms with Crippen molar-refractivity contribution < 1.29 is 42.9 Å². The second kappa shape index (κ2) is 61.1. The highest BCUT2D eigenvalue weighted by molar-refractivity contribution is 5.71. The van der Waals surface area contributed by atoms with Crippen LogP contribution < -0.4 is 0 Å². The molecule has 9 nitrogen and oxygen atoms in total. The van der Waals surface area contributed by atoms with Crippen molar-refractivity contribution in [3.8, 4) is 0 Å². The van der Waals surface area contributed by atoms with Crippen LogP contribution in [0.2, 0.25) is 0 Å². The van der Waals surface area contributed by atoms with Crippen molar-refractivity contribution in [2.24, 2.45) is 0 Å². The highest BCUT2D eigenvalue weighted by atomic mass is 16.7. The van der Waals surface area contributed by atoms with Gasteiger partial charge in [-0.05, 0) is 38.5 Å². The molecule has 2 unspecified atom stereocenters. The van der Waals surface area contributed by atoms with E-state index in [1.54, 1.807) is 0 Å². The van der Waals surface area contributed by atoms with E-state index in [9.17, 15) is 19.5 Å². The number of quaternary nitrogens is 1. The van der Waals surface area contributed by atoms with Crippen molar-refractivity contribution in [1.82, 2.24) is 0 Å². The van der Waals surface area contributed by atoms with E-state index in [2.05, 4.69) is 26.0 Å². The lowest BCUT2D eigenvalue weighted by Gasteiger charge is -2.25. The number of unbranched alkanes of at least 4 members (excludes halogenated alkanes) is 48. The zero-order valence-corrected chi connectivity index (χ0v) is 52.9. The highest BCUT2D eigenvalue weighted by Crippen LogP contribution is 2.19. The van der Waals surface area contributed by atoms with E-state index in [1.807, 2.05) is 21.1 Å². The summed E-state index contributed by atoms with van der Waals surface area (Å²) < 4.78 is 22.9. The van der Waals surface area contributed by atoms with Crippen LogP contribution in [-0.2, 0) is 33.3 Å². The number of likely N-dealkylation sites (N-methyl/N-ethyl adjacent to an activating group) is 1. The van der Waals surface area contributed by atoms with Gasteiger partial charge in [-0.3, -0.25) is 9.59 Å². The van der Waals surface area contributed by atoms with Crippen LogP contribution >= 0.6 is 0 Å². The average Bonchev–Trinajstić information content (AvgIpc) is 3.41. The molecule has 1 N–H and O–H groups in total. The van der Waals surface area contributed by atoms with E-state index in [1.165, 1.54) is 289 Å². The third kappa shape index (κ3) is 61.6. The minimum atomic E-state index is -1.50. The fourth-order valence-corrected chi connectivity index (χ4v) is 10.5. The molecule has 2 atom stereocenters. The minimum absolute atomic E-state index is 0.174. The summed E-state index contributed by atoms with van der Waals surface area (Å²) in [6.45, 7) is 4.93. The predicted molar refractivity (Wildman–Crippen MR) is 332 cm³/mol. The molecule has 0 aliphatic rings. The Morgan fingerprint density at radius 2 is 0.654 bits per heavy atom. The van der Waals surface area contributed by atoms with Crippen molar-refractivity contribution in [3.05, 3.63) is 12.2 Å². The molecule has 0 aromatic heterocycles. The van der Waals surface area contributed by atoms with Crippen molar-refractivity contribution in [1.29, 1.82) is 0 Å². The first-order chi connectivity index (χ1) is 38.1. The summed E-state index contributed by atoms with van der Waals surface area (Å²) in [7, 11) is 5.98. The normalized spacial score (nSPS) is 12.7. The van der Waals surface area contributed by atoms with Gasteiger partial charge in [0.1, 0.15) is 13.2 Å². The Labute approximate surface area is 485 Å². The number of carbonyl (C=O) groups excluding carboxylic acids is 2. The first-order valence-electron chi connectivity index (χ1n) is 34.4. The number of carboxylic acid groups (broad SMARTS) is 1. The van der Waals surface area contributed by atoms with Crippen LogP contribution in [0.4, 0.5) is 0 Å². The molecule has 0 aromatic rings. The zero-order chi connectivity index (χ0) is 56.9. The molecule has 78 heavy (non-hydrogen) atoms. The lowest BCUT2D eigenvalue weighted by atomic mass is 10.0. The monoisotopic (exact) mass is 1110 g/mol. The molecule has 0 aliphatic heterocycles. The summed E-state index contributed by atoms with van der Waals surface area (Å²) in [5, 5.41) is 9.70. The fourth-order valence-electron chi connectivity index (χ4n) is 10.5. The summed E-state index contributed by atoms with van der Waals surface area (Å²) in [5.74, 6) is -1.98. The zero-order valence-electron chi connectivity index (χ0n) is 52.9. The summed E-state index contributed by atoms with van der Waals surface area (Å²) >= 11 is 0. The van der Waals surface area contributed by atoms with Gasteiger partial charge in [0.05, 0.1) is 34.4 Å². The molecular formula is C69H134NO8+. The molecule has 0 amide bonds. The molecule has 0 radical (unpaired) electrons. The topological polar surface area (TPSA) is 108 Å². The van der Waals surface area contributed by atoms with E-state index in [0.29, 0.717) is 17.4 Å². The van der Waals surface area contributed by atoms with E-state index < -0.39 is 18.4 Å². The molecule has 0 aromatic carbocycles. The Morgan fingerprint density at radius 3 is 0.949 bits per heavy atom. The van der Waals surface area contributed by atoms with Crippen LogP contribution in [0.5, 0.6) is 0 Å². The van der Waals surface area contributed by atoms with Gasteiger partial charge in [-0.2, -0.15) is 0 Å². The highest BCUT2D eigenvalue weighted by Gasteiger charge is 2.25. The van der Waals surface area contributed by atoms with Gasteiger partial charge in [-0.25, -0.2) is 4.79 Å². The van der Waals surface area contributed by atoms with Gasteiger partial charge in [-0.1, -0.05) is 315 Å². The Balaban J connectivity index is 3.83. The van der Waals surface area contributed by atoms with Crippen LogP contribution in [0.1, 0.15) is 354 Å². The molecule has 0 aliphatic carbocycles. The lowest BCUT2D eigenvalue weighted by Crippen LogP contribution is -2.40. The van der Waals surface area contributed by atoms with Crippen molar-refractivity contribution in [3.63, 3.8) is 0 Å². The summed E-state index contributed by atoms with van der Waals surface area (Å²) in [5.41, 5.74) is 0. The number of esters is 2. The standard InChI is InChI=1S/C69H133NO8/c1-6-8-10-12-14-16-18-20-21-22-23-24-25-26-27-28-29-30-31-32-33-34-35-36-37-38-39-40-41-42-43-44-45-46-47-48-50-52-54-56-58-60-67(72)78-65(64-77-69(68(73)74)75-62-61-70(3,4)5)63-76-66(71)59-57-55-53-51-49-19-17-15-13-11-9-7-2/h22-23,65,69H,6-21,24-64H2,1-5H3/p+1/b23-22-. The number of rotatable bonds is 65. The first-order valence-corrected chi connectivity index (χ1v) is 34.4. The van der Waals surface area contributed by atoms with Crippen LogP contribution in [0, 0.1) is 0 Å². The third-order valence-corrected chi connectivity index (χ3v) is 15.8. The molecule has 0 rings (SSSR count). The van der Waals surface area contributed by atoms with Crippen LogP contribution in [0.25, 0.3) is 0 Å². The SMILES string of the molecule is CCCCCCCCCC/C=C\CCCCCCCCCCCCCCCCCCCCCCCCCCCCCCCC(=O)OC(COC(=O)CCCCCCCCCCCCCC)COC(OCC[N+](C)(C)C)C(=O)O. The maximum atomic E-state index is 12.9. The van der Waals surface area contributed by atoms with Gasteiger partial charge in [0, 0.05) is 12.8 Å². The Kier molecular flexibility index (Phi) is 59.6. The number of hydrogen-bond acceptors (Lipinski definition) is 7. The molecule has 0 fully saturated rings. The molecule has 0 saturated carbocycles. The van der Waals surface area contributed by atoms with Crippen molar-refractivity contribution in [2.75, 3.05) is 47.5 Å². The molecule has 9 heteroatoms. The quantitative estimate of drug-likeness (QED) is 0.0211. The minimum Gasteiger partial charge on any atom is -0.477 e. The molecule has 0 saturated heterocycles. The number of carbonyl (C=O) groups is 3. The van der Waals surface area contributed by atoms with Gasteiger partial charge in [-0.15, -0.1) is 0 Å². The number of aliphatic carboxylic acids is 1. The summed E-state index contributed by atoms with van der Waals surface area (Å²) in [4.78, 5) is 37.4. The second-order valence-electron chi connectivity index (χ2n) is 24.8. The van der Waals surface area contributed by atoms with Crippen molar-refractivity contribution >= 4 is 17.9 Å². The van der Waals surface area contributed by atoms with Gasteiger partial charge in [0.25, 0.3) is 6.29 Å². The molecule has 0 spiro atoms. The Bertz CT molecular complexity index is 1280.